The van der Waals surface area contributed by atoms with Crippen LogP contribution in [-0.2, 0) is 16.0 Å². The smallest absolute Gasteiger partial charge is 0.306 e. The molecule has 94 valence electrons. The van der Waals surface area contributed by atoms with Crippen LogP contribution >= 0.6 is 0 Å². The Morgan fingerprint density at radius 2 is 2.29 bits per heavy atom. The number of aryl methyl sites for hydroxylation is 1. The number of nitrogens with two attached hydrogens (primary N) is 1. The summed E-state index contributed by atoms with van der Waals surface area (Å²) in [5.41, 5.74) is 5.80. The van der Waals surface area contributed by atoms with Gasteiger partial charge in [-0.25, -0.2) is 4.39 Å². The third-order valence-corrected chi connectivity index (χ3v) is 2.14. The first-order valence-corrected chi connectivity index (χ1v) is 5.23. The monoisotopic (exact) mass is 242 g/mol. The van der Waals surface area contributed by atoms with E-state index in [1.165, 1.54) is 13.2 Å². The average molecular weight is 242 g/mol. The molecule has 0 bridgehead atoms. The molecule has 0 fully saturated rings. The standard InChI is InChI=1S/C11H15FN2O3/c1-3-17-9(15)5-4-7-6-8(12)10(13)14-11(7)16-2/h6H,3-5H2,1-2H3,(H2,13,14). The van der Waals surface area contributed by atoms with Crippen molar-refractivity contribution in [2.75, 3.05) is 19.5 Å². The number of nitrogen functional groups attached to an aromatic ring is 1. The number of nitrogens with zero attached hydrogens (tertiary/aromatic N) is 1. The van der Waals surface area contributed by atoms with Crippen LogP contribution in [0.15, 0.2) is 6.07 Å². The molecule has 0 atom stereocenters. The lowest BCUT2D eigenvalue weighted by Gasteiger charge is -2.08. The number of aromatic nitrogens is 1. The molecule has 0 saturated carbocycles. The third-order valence-electron chi connectivity index (χ3n) is 2.14. The van der Waals surface area contributed by atoms with Gasteiger partial charge < -0.3 is 15.2 Å². The molecule has 5 nitrogen and oxygen atoms in total. The van der Waals surface area contributed by atoms with Gasteiger partial charge in [-0.2, -0.15) is 4.98 Å². The van der Waals surface area contributed by atoms with Gasteiger partial charge in [-0.3, -0.25) is 4.79 Å². The molecule has 0 aromatic carbocycles. The lowest BCUT2D eigenvalue weighted by atomic mass is 10.1. The largest absolute Gasteiger partial charge is 0.481 e. The number of anilines is 1. The minimum atomic E-state index is -0.621. The number of halogens is 1. The van der Waals surface area contributed by atoms with Gasteiger partial charge in [-0.1, -0.05) is 0 Å². The molecule has 0 aliphatic rings. The van der Waals surface area contributed by atoms with Crippen LogP contribution in [0.4, 0.5) is 10.2 Å². The number of rotatable bonds is 5. The summed E-state index contributed by atoms with van der Waals surface area (Å²) in [6.45, 7) is 2.05. The molecular formula is C11H15FN2O3. The van der Waals surface area contributed by atoms with Gasteiger partial charge in [-0.05, 0) is 19.4 Å². The van der Waals surface area contributed by atoms with Crippen LogP contribution < -0.4 is 10.5 Å². The van der Waals surface area contributed by atoms with Crippen LogP contribution in [-0.4, -0.2) is 24.7 Å². The second-order valence-corrected chi connectivity index (χ2v) is 3.33. The molecular weight excluding hydrogens is 227 g/mol. The fourth-order valence-corrected chi connectivity index (χ4v) is 1.35. The van der Waals surface area contributed by atoms with Crippen LogP contribution in [0.1, 0.15) is 18.9 Å². The molecule has 1 heterocycles. The number of hydrogen-bond donors (Lipinski definition) is 1. The summed E-state index contributed by atoms with van der Waals surface area (Å²) >= 11 is 0. The molecule has 0 saturated heterocycles. The normalized spacial score (nSPS) is 10.1. The predicted octanol–water partition coefficient (Wildman–Crippen LogP) is 1.31. The van der Waals surface area contributed by atoms with Crippen molar-refractivity contribution in [3.63, 3.8) is 0 Å². The number of carbonyl (C=O) groups is 1. The highest BCUT2D eigenvalue weighted by Crippen LogP contribution is 2.21. The first-order chi connectivity index (χ1) is 8.08. The van der Waals surface area contributed by atoms with Crippen molar-refractivity contribution in [2.45, 2.75) is 19.8 Å². The third kappa shape index (κ3) is 3.58. The van der Waals surface area contributed by atoms with Gasteiger partial charge in [-0.15, -0.1) is 0 Å². The summed E-state index contributed by atoms with van der Waals surface area (Å²) in [6.07, 6.45) is 0.446. The zero-order valence-corrected chi connectivity index (χ0v) is 9.83. The predicted molar refractivity (Wildman–Crippen MR) is 60.1 cm³/mol. The van der Waals surface area contributed by atoms with Crippen LogP contribution in [0.3, 0.4) is 0 Å². The zero-order valence-electron chi connectivity index (χ0n) is 9.83. The Morgan fingerprint density at radius 3 is 2.88 bits per heavy atom. The van der Waals surface area contributed by atoms with Gasteiger partial charge in [0.1, 0.15) is 0 Å². The van der Waals surface area contributed by atoms with E-state index in [1.807, 2.05) is 0 Å². The quantitative estimate of drug-likeness (QED) is 0.788. The number of esters is 1. The number of pyridine rings is 1. The van der Waals surface area contributed by atoms with Crippen molar-refractivity contribution in [1.82, 2.24) is 4.98 Å². The fraction of sp³-hybridized carbons (Fsp3) is 0.455. The van der Waals surface area contributed by atoms with E-state index in [0.29, 0.717) is 18.6 Å². The van der Waals surface area contributed by atoms with Crippen LogP contribution in [0.2, 0.25) is 0 Å². The van der Waals surface area contributed by atoms with Crippen molar-refractivity contribution in [3.8, 4) is 5.88 Å². The van der Waals surface area contributed by atoms with Crippen molar-refractivity contribution < 1.29 is 18.7 Å². The summed E-state index contributed by atoms with van der Waals surface area (Å²) in [5.74, 6) is -0.952. The second-order valence-electron chi connectivity index (χ2n) is 3.33. The van der Waals surface area contributed by atoms with Crippen molar-refractivity contribution in [1.29, 1.82) is 0 Å². The molecule has 17 heavy (non-hydrogen) atoms. The SMILES string of the molecule is CCOC(=O)CCc1cc(F)c(N)nc1OC. The number of ether oxygens (including phenoxy) is 2. The first-order valence-electron chi connectivity index (χ1n) is 5.23. The summed E-state index contributed by atoms with van der Waals surface area (Å²) in [5, 5.41) is 0. The Labute approximate surface area is 98.7 Å². The maximum absolute atomic E-state index is 13.2. The van der Waals surface area contributed by atoms with E-state index in [2.05, 4.69) is 4.98 Å². The Balaban J connectivity index is 2.76. The lowest BCUT2D eigenvalue weighted by molar-refractivity contribution is -0.143. The van der Waals surface area contributed by atoms with E-state index in [9.17, 15) is 9.18 Å². The van der Waals surface area contributed by atoms with Gasteiger partial charge in [0.05, 0.1) is 13.7 Å². The fourth-order valence-electron chi connectivity index (χ4n) is 1.35. The summed E-state index contributed by atoms with van der Waals surface area (Å²) in [7, 11) is 1.41. The molecule has 1 rings (SSSR count). The van der Waals surface area contributed by atoms with Gasteiger partial charge in [0.25, 0.3) is 0 Å². The Hall–Kier alpha value is -1.85. The molecule has 0 aliphatic heterocycles. The molecule has 1 aromatic rings. The van der Waals surface area contributed by atoms with E-state index in [0.717, 1.165) is 0 Å². The highest BCUT2D eigenvalue weighted by molar-refractivity contribution is 5.69. The molecule has 0 aliphatic carbocycles. The zero-order chi connectivity index (χ0) is 12.8. The average Bonchev–Trinajstić information content (AvgIpc) is 2.30. The molecule has 0 spiro atoms. The summed E-state index contributed by atoms with van der Waals surface area (Å²) in [6, 6.07) is 1.22. The van der Waals surface area contributed by atoms with Gasteiger partial charge in [0.15, 0.2) is 11.6 Å². The molecule has 6 heteroatoms. The molecule has 0 unspecified atom stereocenters. The van der Waals surface area contributed by atoms with Crippen molar-refractivity contribution >= 4 is 11.8 Å². The molecule has 0 radical (unpaired) electrons. The van der Waals surface area contributed by atoms with Gasteiger partial charge in [0, 0.05) is 12.0 Å². The highest BCUT2D eigenvalue weighted by atomic mass is 19.1. The van der Waals surface area contributed by atoms with E-state index < -0.39 is 5.82 Å². The minimum Gasteiger partial charge on any atom is -0.481 e. The first kappa shape index (κ1) is 13.2. The minimum absolute atomic E-state index is 0.148. The van der Waals surface area contributed by atoms with Crippen molar-refractivity contribution in [3.05, 3.63) is 17.4 Å². The van der Waals surface area contributed by atoms with E-state index in [-0.39, 0.29) is 24.1 Å². The van der Waals surface area contributed by atoms with Crippen LogP contribution in [0, 0.1) is 5.82 Å². The maximum Gasteiger partial charge on any atom is 0.306 e. The second kappa shape index (κ2) is 6.03. The Bertz CT molecular complexity index is 410. The van der Waals surface area contributed by atoms with E-state index in [4.69, 9.17) is 15.2 Å². The van der Waals surface area contributed by atoms with Crippen LogP contribution in [0.5, 0.6) is 5.88 Å². The highest BCUT2D eigenvalue weighted by Gasteiger charge is 2.12. The summed E-state index contributed by atoms with van der Waals surface area (Å²) < 4.78 is 22.9. The lowest BCUT2D eigenvalue weighted by Crippen LogP contribution is -2.07. The van der Waals surface area contributed by atoms with Gasteiger partial charge in [0.2, 0.25) is 5.88 Å². The van der Waals surface area contributed by atoms with E-state index in [1.54, 1.807) is 6.92 Å². The van der Waals surface area contributed by atoms with Gasteiger partial charge >= 0.3 is 5.97 Å². The van der Waals surface area contributed by atoms with Crippen molar-refractivity contribution in [2.24, 2.45) is 0 Å². The van der Waals surface area contributed by atoms with Crippen LogP contribution in [0.25, 0.3) is 0 Å². The number of hydrogen-bond acceptors (Lipinski definition) is 5. The number of carbonyl (C=O) groups excluding carboxylic acids is 1. The Kier molecular flexibility index (Phi) is 4.68. The molecule has 1 aromatic heterocycles. The number of methoxy groups -OCH3 is 1. The Morgan fingerprint density at radius 1 is 1.59 bits per heavy atom. The van der Waals surface area contributed by atoms with E-state index >= 15 is 0 Å². The topological polar surface area (TPSA) is 74.4 Å². The summed E-state index contributed by atoms with van der Waals surface area (Å²) in [4.78, 5) is 14.9. The maximum atomic E-state index is 13.2. The molecule has 2 N–H and O–H groups in total. The molecule has 0 amide bonds.